The molecule has 1 aromatic rings. The molecule has 0 aromatic heterocycles. The smallest absolute Gasteiger partial charge is 0.338 e. The van der Waals surface area contributed by atoms with E-state index in [0.29, 0.717) is 6.54 Å². The maximum Gasteiger partial charge on any atom is 0.338 e. The van der Waals surface area contributed by atoms with Gasteiger partial charge in [0.1, 0.15) is 0 Å². The Morgan fingerprint density at radius 1 is 1.52 bits per heavy atom. The van der Waals surface area contributed by atoms with Crippen molar-refractivity contribution in [1.29, 1.82) is 0 Å². The molecule has 1 saturated carbocycles. The van der Waals surface area contributed by atoms with Crippen LogP contribution in [0.5, 0.6) is 0 Å². The van der Waals surface area contributed by atoms with Gasteiger partial charge in [-0.2, -0.15) is 0 Å². The van der Waals surface area contributed by atoms with Gasteiger partial charge in [-0.3, -0.25) is 10.1 Å². The summed E-state index contributed by atoms with van der Waals surface area (Å²) in [6.07, 6.45) is 4.37. The maximum absolute atomic E-state index is 11.3. The molecule has 21 heavy (non-hydrogen) atoms. The molecule has 1 fully saturated rings. The number of rotatable bonds is 7. The van der Waals surface area contributed by atoms with Crippen LogP contribution in [0.1, 0.15) is 43.0 Å². The SMILES string of the molecule is CCCC1(CNc2c(Cl)cc([N+](=O)[O-])cc2C(=O)O)CC1. The van der Waals surface area contributed by atoms with Gasteiger partial charge < -0.3 is 10.4 Å². The predicted molar refractivity (Wildman–Crippen MR) is 80.1 cm³/mol. The monoisotopic (exact) mass is 312 g/mol. The molecule has 0 saturated heterocycles. The van der Waals surface area contributed by atoms with Crippen molar-refractivity contribution in [3.63, 3.8) is 0 Å². The quantitative estimate of drug-likeness (QED) is 0.587. The van der Waals surface area contributed by atoms with Crippen LogP contribution in [0.4, 0.5) is 11.4 Å². The third-order valence-electron chi connectivity index (χ3n) is 3.89. The van der Waals surface area contributed by atoms with Crippen LogP contribution in [0.25, 0.3) is 0 Å². The number of hydrogen-bond acceptors (Lipinski definition) is 4. The number of carboxylic acid groups (broad SMARTS) is 1. The zero-order chi connectivity index (χ0) is 15.6. The van der Waals surface area contributed by atoms with Crippen LogP contribution in [0.15, 0.2) is 12.1 Å². The molecule has 1 aliphatic rings. The van der Waals surface area contributed by atoms with Crippen molar-refractivity contribution in [2.24, 2.45) is 5.41 Å². The Bertz CT molecular complexity index is 585. The second-order valence-electron chi connectivity index (χ2n) is 5.52. The molecule has 6 nitrogen and oxygen atoms in total. The lowest BCUT2D eigenvalue weighted by molar-refractivity contribution is -0.384. The van der Waals surface area contributed by atoms with Crippen molar-refractivity contribution in [1.82, 2.24) is 0 Å². The number of halogens is 1. The number of nitrogens with one attached hydrogen (secondary N) is 1. The van der Waals surface area contributed by atoms with Gasteiger partial charge in [-0.1, -0.05) is 24.9 Å². The largest absolute Gasteiger partial charge is 0.478 e. The van der Waals surface area contributed by atoms with Gasteiger partial charge in [-0.25, -0.2) is 4.79 Å². The number of nitrogens with zero attached hydrogens (tertiary/aromatic N) is 1. The molecule has 1 aromatic carbocycles. The Hall–Kier alpha value is -1.82. The number of benzene rings is 1. The summed E-state index contributed by atoms with van der Waals surface area (Å²) in [7, 11) is 0. The number of carbonyl (C=O) groups is 1. The first kappa shape index (κ1) is 15.6. The lowest BCUT2D eigenvalue weighted by atomic mass is 10.0. The number of hydrogen-bond donors (Lipinski definition) is 2. The predicted octanol–water partition coefficient (Wildman–Crippen LogP) is 3.94. The molecule has 0 spiro atoms. The first-order valence-electron chi connectivity index (χ1n) is 6.84. The lowest BCUT2D eigenvalue weighted by Gasteiger charge is -2.18. The van der Waals surface area contributed by atoms with E-state index >= 15 is 0 Å². The van der Waals surface area contributed by atoms with Crippen LogP contribution in [-0.4, -0.2) is 22.5 Å². The molecular weight excluding hydrogens is 296 g/mol. The zero-order valence-corrected chi connectivity index (χ0v) is 12.4. The number of non-ortho nitro benzene ring substituents is 1. The summed E-state index contributed by atoms with van der Waals surface area (Å²) in [6, 6.07) is 2.21. The average molecular weight is 313 g/mol. The minimum absolute atomic E-state index is 0.0638. The Balaban J connectivity index is 2.26. The standard InChI is InChI=1S/C14H17ClN2O4/c1-2-3-14(4-5-14)8-16-12-10(13(18)19)6-9(17(20)21)7-11(12)15/h6-7,16H,2-5,8H2,1H3,(H,18,19). The van der Waals surface area contributed by atoms with Crippen molar-refractivity contribution >= 4 is 28.9 Å². The van der Waals surface area contributed by atoms with E-state index in [1.807, 2.05) is 0 Å². The van der Waals surface area contributed by atoms with Gasteiger partial charge in [0, 0.05) is 18.7 Å². The highest BCUT2D eigenvalue weighted by atomic mass is 35.5. The van der Waals surface area contributed by atoms with Crippen molar-refractivity contribution < 1.29 is 14.8 Å². The normalized spacial score (nSPS) is 15.5. The zero-order valence-electron chi connectivity index (χ0n) is 11.7. The molecule has 2 rings (SSSR count). The Kier molecular flexibility index (Phi) is 4.37. The molecule has 7 heteroatoms. The van der Waals surface area contributed by atoms with E-state index in [4.69, 9.17) is 11.6 Å². The van der Waals surface area contributed by atoms with E-state index in [1.165, 1.54) is 6.07 Å². The third-order valence-corrected chi connectivity index (χ3v) is 4.19. The van der Waals surface area contributed by atoms with E-state index in [0.717, 1.165) is 31.7 Å². The van der Waals surface area contributed by atoms with Crippen LogP contribution >= 0.6 is 11.6 Å². The highest BCUT2D eigenvalue weighted by molar-refractivity contribution is 6.34. The van der Waals surface area contributed by atoms with E-state index < -0.39 is 10.9 Å². The summed E-state index contributed by atoms with van der Waals surface area (Å²) in [5.41, 5.74) is -0.00778. The van der Waals surface area contributed by atoms with Gasteiger partial charge in [0.15, 0.2) is 0 Å². The number of aromatic carboxylic acids is 1. The topological polar surface area (TPSA) is 92.5 Å². The van der Waals surface area contributed by atoms with Crippen molar-refractivity contribution in [2.75, 3.05) is 11.9 Å². The summed E-state index contributed by atoms with van der Waals surface area (Å²) in [4.78, 5) is 21.4. The molecule has 114 valence electrons. The third kappa shape index (κ3) is 3.44. The Morgan fingerprint density at radius 2 is 2.19 bits per heavy atom. The minimum Gasteiger partial charge on any atom is -0.478 e. The van der Waals surface area contributed by atoms with Gasteiger partial charge in [-0.05, 0) is 24.7 Å². The second-order valence-corrected chi connectivity index (χ2v) is 5.92. The molecule has 0 radical (unpaired) electrons. The fourth-order valence-corrected chi connectivity index (χ4v) is 2.82. The van der Waals surface area contributed by atoms with Crippen LogP contribution in [0, 0.1) is 15.5 Å². The first-order valence-corrected chi connectivity index (χ1v) is 7.21. The van der Waals surface area contributed by atoms with E-state index in [1.54, 1.807) is 0 Å². The van der Waals surface area contributed by atoms with Crippen molar-refractivity contribution in [3.8, 4) is 0 Å². The fourth-order valence-electron chi connectivity index (χ4n) is 2.54. The minimum atomic E-state index is -1.23. The number of anilines is 1. The van der Waals surface area contributed by atoms with Gasteiger partial charge in [0.25, 0.3) is 5.69 Å². The molecule has 0 aliphatic heterocycles. The van der Waals surface area contributed by atoms with E-state index in [2.05, 4.69) is 12.2 Å². The highest BCUT2D eigenvalue weighted by Crippen LogP contribution is 2.50. The summed E-state index contributed by atoms with van der Waals surface area (Å²) >= 11 is 6.02. The highest BCUT2D eigenvalue weighted by Gasteiger charge is 2.41. The summed E-state index contributed by atoms with van der Waals surface area (Å²) < 4.78 is 0. The van der Waals surface area contributed by atoms with Crippen LogP contribution in [0.3, 0.4) is 0 Å². The maximum atomic E-state index is 11.3. The lowest BCUT2D eigenvalue weighted by Crippen LogP contribution is -2.17. The summed E-state index contributed by atoms with van der Waals surface area (Å²) in [5.74, 6) is -1.23. The molecule has 2 N–H and O–H groups in total. The number of carboxylic acids is 1. The molecule has 0 bridgehead atoms. The first-order chi connectivity index (χ1) is 9.88. The molecule has 1 aliphatic carbocycles. The molecule has 0 heterocycles. The Morgan fingerprint density at radius 3 is 2.67 bits per heavy atom. The van der Waals surface area contributed by atoms with E-state index in [9.17, 15) is 20.0 Å². The molecule has 0 atom stereocenters. The molecule has 0 unspecified atom stereocenters. The Labute approximate surface area is 127 Å². The van der Waals surface area contributed by atoms with Gasteiger partial charge >= 0.3 is 5.97 Å². The second kappa shape index (κ2) is 5.89. The van der Waals surface area contributed by atoms with Gasteiger partial charge in [-0.15, -0.1) is 0 Å². The van der Waals surface area contributed by atoms with Crippen LogP contribution in [-0.2, 0) is 0 Å². The molecule has 0 amide bonds. The van der Waals surface area contributed by atoms with Crippen molar-refractivity contribution in [2.45, 2.75) is 32.6 Å². The number of nitro groups is 1. The van der Waals surface area contributed by atoms with E-state index in [-0.39, 0.29) is 27.4 Å². The van der Waals surface area contributed by atoms with Crippen LogP contribution in [0.2, 0.25) is 5.02 Å². The summed E-state index contributed by atoms with van der Waals surface area (Å²) in [6.45, 7) is 2.75. The van der Waals surface area contributed by atoms with Gasteiger partial charge in [0.2, 0.25) is 0 Å². The number of nitro benzene ring substituents is 1. The fraction of sp³-hybridized carbons (Fsp3) is 0.500. The van der Waals surface area contributed by atoms with Crippen LogP contribution < -0.4 is 5.32 Å². The van der Waals surface area contributed by atoms with Crippen molar-refractivity contribution in [3.05, 3.63) is 32.8 Å². The summed E-state index contributed by atoms with van der Waals surface area (Å²) in [5, 5.41) is 23.2. The molecular formula is C14H17ClN2O4. The average Bonchev–Trinajstić information content (AvgIpc) is 3.16. The van der Waals surface area contributed by atoms with Gasteiger partial charge in [0.05, 0.1) is 21.2 Å².